The Morgan fingerprint density at radius 3 is 2.71 bits per heavy atom. The molecule has 0 unspecified atom stereocenters. The van der Waals surface area contributed by atoms with Gasteiger partial charge in [-0.3, -0.25) is 9.48 Å². The van der Waals surface area contributed by atoms with Crippen molar-refractivity contribution in [1.82, 2.24) is 14.7 Å². The molecule has 3 fully saturated rings. The molecule has 132 valence electrons. The van der Waals surface area contributed by atoms with Crippen LogP contribution in [0.4, 0.5) is 0 Å². The summed E-state index contributed by atoms with van der Waals surface area (Å²) < 4.78 is 31.7. The Kier molecular flexibility index (Phi) is 3.72. The number of likely N-dealkylation sites (tertiary alicyclic amines) is 1. The van der Waals surface area contributed by atoms with Gasteiger partial charge >= 0.3 is 0 Å². The van der Waals surface area contributed by atoms with Gasteiger partial charge in [-0.05, 0) is 25.2 Å². The molecule has 1 aromatic rings. The molecule has 0 radical (unpaired) electrons. The Bertz CT molecular complexity index is 747. The minimum absolute atomic E-state index is 0.000742. The lowest BCUT2D eigenvalue weighted by molar-refractivity contribution is 0.0228. The first-order valence-electron chi connectivity index (χ1n) is 8.49. The number of aryl methyl sites for hydroxylation is 1. The molecule has 8 heteroatoms. The van der Waals surface area contributed by atoms with E-state index in [0.717, 1.165) is 6.61 Å². The van der Waals surface area contributed by atoms with E-state index < -0.39 is 14.6 Å². The molecule has 1 saturated carbocycles. The van der Waals surface area contributed by atoms with Crippen LogP contribution < -0.4 is 0 Å². The Labute approximate surface area is 141 Å². The molecule has 1 aromatic heterocycles. The van der Waals surface area contributed by atoms with Gasteiger partial charge < -0.3 is 9.64 Å². The third-order valence-electron chi connectivity index (χ3n) is 5.62. The van der Waals surface area contributed by atoms with Crippen molar-refractivity contribution in [3.05, 3.63) is 18.0 Å². The van der Waals surface area contributed by atoms with Crippen LogP contribution in [0.5, 0.6) is 0 Å². The average Bonchev–Trinajstić information content (AvgIpc) is 3.14. The topological polar surface area (TPSA) is 81.5 Å². The number of amides is 1. The fraction of sp³-hybridized carbons (Fsp3) is 0.750. The summed E-state index contributed by atoms with van der Waals surface area (Å²) in [6, 6.07) is 0. The maximum atomic E-state index is 12.6. The number of hydrogen-bond donors (Lipinski definition) is 0. The van der Waals surface area contributed by atoms with Gasteiger partial charge in [-0.25, -0.2) is 8.42 Å². The Morgan fingerprint density at radius 2 is 2.08 bits per heavy atom. The summed E-state index contributed by atoms with van der Waals surface area (Å²) in [7, 11) is -1.42. The number of sulfone groups is 1. The molecule has 1 amide bonds. The van der Waals surface area contributed by atoms with E-state index in [0.29, 0.717) is 24.5 Å². The number of rotatable bonds is 5. The number of carbonyl (C=O) groups excluding carboxylic acids is 1. The van der Waals surface area contributed by atoms with E-state index in [2.05, 4.69) is 5.10 Å². The molecule has 3 heterocycles. The highest BCUT2D eigenvalue weighted by Crippen LogP contribution is 2.45. The van der Waals surface area contributed by atoms with Crippen molar-refractivity contribution in [2.24, 2.45) is 18.9 Å². The summed E-state index contributed by atoms with van der Waals surface area (Å²) in [4.78, 5) is 14.1. The SMILES string of the molecule is Cn1cc(C(=O)N2CC3(C2)[C@@H](COCC2CC2)CCS3(=O)=O)cn1. The number of aromatic nitrogens is 2. The number of nitrogens with zero attached hydrogens (tertiary/aromatic N) is 3. The van der Waals surface area contributed by atoms with Gasteiger partial charge in [0.15, 0.2) is 9.84 Å². The third kappa shape index (κ3) is 2.56. The maximum Gasteiger partial charge on any atom is 0.257 e. The first-order chi connectivity index (χ1) is 11.4. The fourth-order valence-electron chi connectivity index (χ4n) is 3.83. The second-order valence-electron chi connectivity index (χ2n) is 7.41. The zero-order valence-corrected chi connectivity index (χ0v) is 14.7. The summed E-state index contributed by atoms with van der Waals surface area (Å²) in [5.41, 5.74) is 0.504. The average molecular weight is 353 g/mol. The second-order valence-corrected chi connectivity index (χ2v) is 9.86. The van der Waals surface area contributed by atoms with Gasteiger partial charge in [0.2, 0.25) is 0 Å². The van der Waals surface area contributed by atoms with Crippen LogP contribution in [0, 0.1) is 11.8 Å². The van der Waals surface area contributed by atoms with Crippen LogP contribution >= 0.6 is 0 Å². The fourth-order valence-corrected chi connectivity index (χ4v) is 6.23. The van der Waals surface area contributed by atoms with Crippen molar-refractivity contribution >= 4 is 15.7 Å². The predicted octanol–water partition coefficient (Wildman–Crippen LogP) is 0.476. The Balaban J connectivity index is 1.43. The highest BCUT2D eigenvalue weighted by molar-refractivity contribution is 7.93. The van der Waals surface area contributed by atoms with E-state index in [9.17, 15) is 13.2 Å². The van der Waals surface area contributed by atoms with Crippen molar-refractivity contribution in [3.63, 3.8) is 0 Å². The minimum Gasteiger partial charge on any atom is -0.381 e. The van der Waals surface area contributed by atoms with Crippen LogP contribution in [0.15, 0.2) is 12.4 Å². The molecular weight excluding hydrogens is 330 g/mol. The van der Waals surface area contributed by atoms with Crippen LogP contribution in [-0.2, 0) is 21.6 Å². The highest BCUT2D eigenvalue weighted by Gasteiger charge is 2.62. The molecule has 3 aliphatic rings. The lowest BCUT2D eigenvalue weighted by Crippen LogP contribution is -2.68. The molecule has 1 spiro atoms. The van der Waals surface area contributed by atoms with Gasteiger partial charge in [-0.1, -0.05) is 0 Å². The molecule has 0 N–H and O–H groups in total. The van der Waals surface area contributed by atoms with Crippen molar-refractivity contribution in [2.75, 3.05) is 32.1 Å². The second kappa shape index (κ2) is 5.56. The predicted molar refractivity (Wildman–Crippen MR) is 87.3 cm³/mol. The lowest BCUT2D eigenvalue weighted by Gasteiger charge is -2.49. The molecule has 4 rings (SSSR count). The summed E-state index contributed by atoms with van der Waals surface area (Å²) in [5.74, 6) is 0.732. The number of hydrogen-bond acceptors (Lipinski definition) is 5. The monoisotopic (exact) mass is 353 g/mol. The molecule has 24 heavy (non-hydrogen) atoms. The van der Waals surface area contributed by atoms with Gasteiger partial charge in [0.1, 0.15) is 4.75 Å². The standard InChI is InChI=1S/C16H23N3O4S/c1-18-7-13(6-17-18)15(20)19-10-16(11-19)14(4-5-24(16,21)22)9-23-8-12-2-3-12/h6-7,12,14H,2-5,8-11H2,1H3/t14-/m1/s1. The summed E-state index contributed by atoms with van der Waals surface area (Å²) >= 11 is 0. The van der Waals surface area contributed by atoms with Crippen molar-refractivity contribution in [1.29, 1.82) is 0 Å². The summed E-state index contributed by atoms with van der Waals surface area (Å²) in [6.45, 7) is 1.79. The van der Waals surface area contributed by atoms with E-state index in [1.165, 1.54) is 19.0 Å². The number of ether oxygens (including phenoxy) is 1. The zero-order chi connectivity index (χ0) is 16.9. The first kappa shape index (κ1) is 16.1. The largest absolute Gasteiger partial charge is 0.381 e. The van der Waals surface area contributed by atoms with E-state index in [4.69, 9.17) is 4.74 Å². The smallest absolute Gasteiger partial charge is 0.257 e. The van der Waals surface area contributed by atoms with Crippen LogP contribution in [0.2, 0.25) is 0 Å². The van der Waals surface area contributed by atoms with E-state index in [1.54, 1.807) is 22.8 Å². The van der Waals surface area contributed by atoms with E-state index >= 15 is 0 Å². The number of carbonyl (C=O) groups is 1. The van der Waals surface area contributed by atoms with Gasteiger partial charge in [-0.15, -0.1) is 0 Å². The molecule has 1 atom stereocenters. The van der Waals surface area contributed by atoms with Crippen molar-refractivity contribution in [3.8, 4) is 0 Å². The van der Waals surface area contributed by atoms with E-state index in [-0.39, 0.29) is 30.7 Å². The Hall–Kier alpha value is -1.41. The van der Waals surface area contributed by atoms with Gasteiger partial charge in [0.25, 0.3) is 5.91 Å². The normalized spacial score (nSPS) is 27.4. The van der Waals surface area contributed by atoms with Crippen LogP contribution in [-0.4, -0.2) is 65.8 Å². The zero-order valence-electron chi connectivity index (χ0n) is 13.8. The third-order valence-corrected chi connectivity index (χ3v) is 8.23. The molecule has 2 saturated heterocycles. The van der Waals surface area contributed by atoms with Crippen molar-refractivity contribution < 1.29 is 17.9 Å². The molecule has 2 aliphatic heterocycles. The van der Waals surface area contributed by atoms with Crippen LogP contribution in [0.25, 0.3) is 0 Å². The maximum absolute atomic E-state index is 12.6. The van der Waals surface area contributed by atoms with Gasteiger partial charge in [0, 0.05) is 38.9 Å². The Morgan fingerprint density at radius 1 is 1.33 bits per heavy atom. The van der Waals surface area contributed by atoms with Crippen molar-refractivity contribution in [2.45, 2.75) is 24.0 Å². The first-order valence-corrected chi connectivity index (χ1v) is 10.1. The molecule has 7 nitrogen and oxygen atoms in total. The van der Waals surface area contributed by atoms with Gasteiger partial charge in [0.05, 0.1) is 24.1 Å². The van der Waals surface area contributed by atoms with E-state index in [1.807, 2.05) is 0 Å². The molecular formula is C16H23N3O4S. The summed E-state index contributed by atoms with van der Waals surface area (Å²) in [6.07, 6.45) is 6.27. The molecule has 1 aliphatic carbocycles. The highest BCUT2D eigenvalue weighted by atomic mass is 32.2. The molecule has 0 bridgehead atoms. The summed E-state index contributed by atoms with van der Waals surface area (Å²) in [5, 5.41) is 4.00. The van der Waals surface area contributed by atoms with Crippen LogP contribution in [0.3, 0.4) is 0 Å². The molecule has 0 aromatic carbocycles. The van der Waals surface area contributed by atoms with Crippen LogP contribution in [0.1, 0.15) is 29.6 Å². The minimum atomic E-state index is -3.17. The lowest BCUT2D eigenvalue weighted by atomic mass is 9.83. The van der Waals surface area contributed by atoms with Gasteiger partial charge in [-0.2, -0.15) is 5.10 Å². The quantitative estimate of drug-likeness (QED) is 0.769.